The molecule has 0 aromatic heterocycles. The molecule has 3 rings (SSSR count). The number of carbonyl (C=O) groups excluding carboxylic acids is 2. The second-order valence-corrected chi connectivity index (χ2v) is 7.16. The van der Waals surface area contributed by atoms with Gasteiger partial charge in [0.15, 0.2) is 0 Å². The average Bonchev–Trinajstić information content (AvgIpc) is 2.75. The van der Waals surface area contributed by atoms with E-state index in [9.17, 15) is 18.4 Å². The molecule has 0 radical (unpaired) electrons. The summed E-state index contributed by atoms with van der Waals surface area (Å²) in [7, 11) is 1.54. The van der Waals surface area contributed by atoms with Gasteiger partial charge < -0.3 is 15.4 Å². The van der Waals surface area contributed by atoms with Gasteiger partial charge in [-0.2, -0.15) is 0 Å². The van der Waals surface area contributed by atoms with Crippen LogP contribution >= 0.6 is 11.8 Å². The largest absolute Gasteiger partial charge is 0.497 e. The number of hydrogen-bond donors (Lipinski definition) is 2. The lowest BCUT2D eigenvalue weighted by Gasteiger charge is -2.11. The van der Waals surface area contributed by atoms with Crippen LogP contribution in [0.4, 0.5) is 20.2 Å². The van der Waals surface area contributed by atoms with Crippen LogP contribution in [0.2, 0.25) is 0 Å². The quantitative estimate of drug-likeness (QED) is 0.522. The summed E-state index contributed by atoms with van der Waals surface area (Å²) in [6.45, 7) is 0. The van der Waals surface area contributed by atoms with Crippen LogP contribution in [0, 0.1) is 11.6 Å². The summed E-state index contributed by atoms with van der Waals surface area (Å²) in [5, 5.41) is 5.12. The minimum atomic E-state index is -0.743. The first kappa shape index (κ1) is 21.3. The second kappa shape index (κ2) is 9.89. The van der Waals surface area contributed by atoms with Crippen molar-refractivity contribution >= 4 is 35.0 Å². The lowest BCUT2D eigenvalue weighted by molar-refractivity contribution is -0.113. The Labute approximate surface area is 176 Å². The highest BCUT2D eigenvalue weighted by molar-refractivity contribution is 8.00. The number of methoxy groups -OCH3 is 1. The second-order valence-electron chi connectivity index (χ2n) is 6.14. The van der Waals surface area contributed by atoms with Gasteiger partial charge in [0.1, 0.15) is 17.4 Å². The lowest BCUT2D eigenvalue weighted by atomic mass is 10.2. The highest BCUT2D eigenvalue weighted by Crippen LogP contribution is 2.25. The van der Waals surface area contributed by atoms with Crippen LogP contribution in [-0.2, 0) is 4.79 Å². The summed E-state index contributed by atoms with van der Waals surface area (Å²) in [5.74, 6) is -1.60. The molecule has 5 nitrogen and oxygen atoms in total. The molecule has 0 aliphatic heterocycles. The van der Waals surface area contributed by atoms with E-state index in [0.717, 1.165) is 30.0 Å². The summed E-state index contributed by atoms with van der Waals surface area (Å²) >= 11 is 1.16. The molecule has 8 heteroatoms. The van der Waals surface area contributed by atoms with Crippen molar-refractivity contribution in [1.82, 2.24) is 0 Å². The number of nitrogens with one attached hydrogen (secondary N) is 2. The molecular weight excluding hydrogens is 410 g/mol. The van der Waals surface area contributed by atoms with E-state index >= 15 is 0 Å². The van der Waals surface area contributed by atoms with Crippen molar-refractivity contribution < 1.29 is 23.1 Å². The maximum atomic E-state index is 13.8. The summed E-state index contributed by atoms with van der Waals surface area (Å²) in [6.07, 6.45) is 0. The number of anilines is 2. The molecular formula is C22H18F2N2O3S. The van der Waals surface area contributed by atoms with Crippen LogP contribution in [-0.4, -0.2) is 24.7 Å². The van der Waals surface area contributed by atoms with E-state index in [2.05, 4.69) is 10.6 Å². The molecule has 0 unspecified atom stereocenters. The zero-order valence-electron chi connectivity index (χ0n) is 15.9. The summed E-state index contributed by atoms with van der Waals surface area (Å²) in [6, 6.07) is 16.4. The monoisotopic (exact) mass is 428 g/mol. The molecule has 2 N–H and O–H groups in total. The lowest BCUT2D eigenvalue weighted by Crippen LogP contribution is -2.16. The minimum absolute atomic E-state index is 0.0514. The predicted molar refractivity (Wildman–Crippen MR) is 113 cm³/mol. The SMILES string of the molecule is COc1cccc(NC(=O)CSc2ccccc2C(=O)Nc2cc(F)ccc2F)c1. The molecule has 30 heavy (non-hydrogen) atoms. The first-order valence-corrected chi connectivity index (χ1v) is 9.87. The van der Waals surface area contributed by atoms with E-state index in [1.165, 1.54) is 7.11 Å². The van der Waals surface area contributed by atoms with Gasteiger partial charge in [-0.1, -0.05) is 18.2 Å². The van der Waals surface area contributed by atoms with Gasteiger partial charge in [0.05, 0.1) is 24.1 Å². The van der Waals surface area contributed by atoms with E-state index in [1.54, 1.807) is 48.5 Å². The average molecular weight is 428 g/mol. The van der Waals surface area contributed by atoms with Crippen LogP contribution in [0.25, 0.3) is 0 Å². The van der Waals surface area contributed by atoms with E-state index < -0.39 is 17.5 Å². The van der Waals surface area contributed by atoms with Crippen LogP contribution in [0.15, 0.2) is 71.6 Å². The maximum absolute atomic E-state index is 13.8. The molecule has 0 aliphatic rings. The Kier molecular flexibility index (Phi) is 7.03. The number of hydrogen-bond acceptors (Lipinski definition) is 4. The summed E-state index contributed by atoms with van der Waals surface area (Å²) in [5.41, 5.74) is 0.587. The fraction of sp³-hybridized carbons (Fsp3) is 0.0909. The van der Waals surface area contributed by atoms with Crippen molar-refractivity contribution in [3.63, 3.8) is 0 Å². The van der Waals surface area contributed by atoms with Crippen molar-refractivity contribution in [1.29, 1.82) is 0 Å². The zero-order valence-corrected chi connectivity index (χ0v) is 16.8. The van der Waals surface area contributed by atoms with Gasteiger partial charge in [-0.3, -0.25) is 9.59 Å². The normalized spacial score (nSPS) is 10.4. The van der Waals surface area contributed by atoms with Gasteiger partial charge in [-0.15, -0.1) is 11.8 Å². The molecule has 0 bridgehead atoms. The highest BCUT2D eigenvalue weighted by atomic mass is 32.2. The molecule has 0 saturated heterocycles. The molecule has 0 spiro atoms. The minimum Gasteiger partial charge on any atom is -0.497 e. The predicted octanol–water partition coefficient (Wildman–Crippen LogP) is 4.96. The van der Waals surface area contributed by atoms with E-state index in [0.29, 0.717) is 16.3 Å². The molecule has 0 aliphatic carbocycles. The van der Waals surface area contributed by atoms with Crippen molar-refractivity contribution in [2.24, 2.45) is 0 Å². The Morgan fingerprint density at radius 1 is 0.967 bits per heavy atom. The first-order valence-electron chi connectivity index (χ1n) is 8.88. The summed E-state index contributed by atoms with van der Waals surface area (Å²) < 4.78 is 32.3. The molecule has 0 saturated carbocycles. The molecule has 0 fully saturated rings. The third kappa shape index (κ3) is 5.57. The Balaban J connectivity index is 1.66. The number of rotatable bonds is 7. The summed E-state index contributed by atoms with van der Waals surface area (Å²) in [4.78, 5) is 25.4. The van der Waals surface area contributed by atoms with Crippen molar-refractivity contribution in [2.45, 2.75) is 4.90 Å². The smallest absolute Gasteiger partial charge is 0.256 e. The molecule has 3 aromatic rings. The van der Waals surface area contributed by atoms with Gasteiger partial charge in [0.2, 0.25) is 5.91 Å². The molecule has 154 valence electrons. The topological polar surface area (TPSA) is 67.4 Å². The molecule has 0 atom stereocenters. The molecule has 0 heterocycles. The van der Waals surface area contributed by atoms with Crippen LogP contribution in [0.3, 0.4) is 0 Å². The number of halogens is 2. The van der Waals surface area contributed by atoms with Gasteiger partial charge in [0, 0.05) is 22.7 Å². The van der Waals surface area contributed by atoms with Gasteiger partial charge in [-0.05, 0) is 36.4 Å². The Morgan fingerprint density at radius 2 is 1.77 bits per heavy atom. The van der Waals surface area contributed by atoms with E-state index in [-0.39, 0.29) is 22.9 Å². The Morgan fingerprint density at radius 3 is 2.57 bits per heavy atom. The molecule has 3 aromatic carbocycles. The zero-order chi connectivity index (χ0) is 21.5. The van der Waals surface area contributed by atoms with Crippen molar-refractivity contribution in [3.05, 3.63) is 83.9 Å². The van der Waals surface area contributed by atoms with Crippen molar-refractivity contribution in [2.75, 3.05) is 23.5 Å². The standard InChI is InChI=1S/C22H18F2N2O3S/c1-29-16-6-4-5-15(12-16)25-21(27)13-30-20-8-3-2-7-17(20)22(28)26-19-11-14(23)9-10-18(19)24/h2-12H,13H2,1H3,(H,25,27)(H,26,28). The number of carbonyl (C=O) groups is 2. The number of ether oxygens (including phenoxy) is 1. The third-order valence-electron chi connectivity index (χ3n) is 4.02. The Hall–Kier alpha value is -3.39. The Bertz CT molecular complexity index is 1080. The van der Waals surface area contributed by atoms with E-state index in [4.69, 9.17) is 4.74 Å². The highest BCUT2D eigenvalue weighted by Gasteiger charge is 2.15. The van der Waals surface area contributed by atoms with Gasteiger partial charge in [-0.25, -0.2) is 8.78 Å². The maximum Gasteiger partial charge on any atom is 0.256 e. The third-order valence-corrected chi connectivity index (χ3v) is 5.09. The fourth-order valence-electron chi connectivity index (χ4n) is 2.60. The molecule has 2 amide bonds. The number of benzene rings is 3. The van der Waals surface area contributed by atoms with Crippen molar-refractivity contribution in [3.8, 4) is 5.75 Å². The van der Waals surface area contributed by atoms with Crippen LogP contribution in [0.1, 0.15) is 10.4 Å². The van der Waals surface area contributed by atoms with Gasteiger partial charge in [0.25, 0.3) is 5.91 Å². The van der Waals surface area contributed by atoms with Gasteiger partial charge >= 0.3 is 0 Å². The van der Waals surface area contributed by atoms with E-state index in [1.807, 2.05) is 0 Å². The number of amides is 2. The first-order chi connectivity index (χ1) is 14.5. The fourth-order valence-corrected chi connectivity index (χ4v) is 3.45. The van der Waals surface area contributed by atoms with Crippen LogP contribution < -0.4 is 15.4 Å². The number of thioether (sulfide) groups is 1. The van der Waals surface area contributed by atoms with Crippen LogP contribution in [0.5, 0.6) is 5.75 Å².